The van der Waals surface area contributed by atoms with Crippen LogP contribution < -0.4 is 22.5 Å². The number of likely N-dealkylation sites (N-methyl/N-ethyl adjacent to an activating group) is 2. The number of nitrogens with one attached hydrogen (secondary N) is 1. The highest BCUT2D eigenvalue weighted by atomic mass is 16.3. The number of phenolic OH excluding ortho intramolecular Hbond substituents is 1. The molecule has 0 spiro atoms. The zero-order valence-corrected chi connectivity index (χ0v) is 26.8. The van der Waals surface area contributed by atoms with E-state index in [2.05, 4.69) is 17.2 Å². The molecular formula is C34H35N7O7. The van der Waals surface area contributed by atoms with Crippen LogP contribution in [0.15, 0.2) is 36.4 Å². The molecule has 0 bridgehead atoms. The van der Waals surface area contributed by atoms with Gasteiger partial charge in [0.25, 0.3) is 0 Å². The van der Waals surface area contributed by atoms with Gasteiger partial charge in [0.2, 0.25) is 11.8 Å². The number of primary amides is 1. The van der Waals surface area contributed by atoms with E-state index in [1.54, 1.807) is 49.3 Å². The third kappa shape index (κ3) is 4.98. The second kappa shape index (κ2) is 11.8. The van der Waals surface area contributed by atoms with E-state index in [-0.39, 0.29) is 30.0 Å². The summed E-state index contributed by atoms with van der Waals surface area (Å²) >= 11 is 0. The lowest BCUT2D eigenvalue weighted by Gasteiger charge is -2.60. The summed E-state index contributed by atoms with van der Waals surface area (Å²) in [6.07, 6.45) is -0.757. The summed E-state index contributed by atoms with van der Waals surface area (Å²) in [7, 11) is 6.42. The lowest BCUT2D eigenvalue weighted by Crippen LogP contribution is -2.85. The van der Waals surface area contributed by atoms with Gasteiger partial charge in [-0.2, -0.15) is 5.26 Å². The minimum absolute atomic E-state index is 0.188. The molecule has 0 radical (unpaired) electrons. The van der Waals surface area contributed by atoms with Gasteiger partial charge in [0.15, 0.2) is 34.5 Å². The number of nitrogens with two attached hydrogens (primary N) is 3. The van der Waals surface area contributed by atoms with Crippen LogP contribution in [0.2, 0.25) is 0 Å². The van der Waals surface area contributed by atoms with E-state index in [0.717, 1.165) is 0 Å². The van der Waals surface area contributed by atoms with Gasteiger partial charge in [0.1, 0.15) is 11.7 Å². The van der Waals surface area contributed by atoms with Crippen molar-refractivity contribution in [1.29, 1.82) is 5.26 Å². The molecule has 2 fully saturated rings. The molecule has 2 amide bonds. The number of benzene rings is 2. The van der Waals surface area contributed by atoms with E-state index in [9.17, 15) is 39.1 Å². The fourth-order valence-electron chi connectivity index (χ4n) is 7.59. The van der Waals surface area contributed by atoms with Gasteiger partial charge in [-0.15, -0.1) is 0 Å². The van der Waals surface area contributed by atoms with Crippen LogP contribution in [0.4, 0.5) is 5.69 Å². The van der Waals surface area contributed by atoms with Crippen molar-refractivity contribution in [2.75, 3.05) is 40.1 Å². The van der Waals surface area contributed by atoms with Crippen LogP contribution in [0.5, 0.6) is 5.75 Å². The van der Waals surface area contributed by atoms with Crippen LogP contribution in [-0.2, 0) is 30.4 Å². The number of carbonyl (C=O) groups excluding carboxylic acids is 6. The number of hydrogen-bond acceptors (Lipinski definition) is 12. The number of nitrogens with zero attached hydrogens (tertiary/aromatic N) is 3. The number of fused-ring (bicyclic) bond motifs is 3. The topological polar surface area (TPSA) is 243 Å². The van der Waals surface area contributed by atoms with Crippen molar-refractivity contribution < 1.29 is 33.9 Å². The Morgan fingerprint density at radius 2 is 1.65 bits per heavy atom. The van der Waals surface area contributed by atoms with Crippen molar-refractivity contribution in [3.63, 3.8) is 0 Å². The molecule has 48 heavy (non-hydrogen) atoms. The highest BCUT2D eigenvalue weighted by Gasteiger charge is 2.78. The molecule has 6 atom stereocenters. The summed E-state index contributed by atoms with van der Waals surface area (Å²) in [5.74, 6) is -4.54. The molecule has 5 rings (SSSR count). The molecule has 2 aromatic rings. The van der Waals surface area contributed by atoms with Crippen molar-refractivity contribution in [3.8, 4) is 23.7 Å². The monoisotopic (exact) mass is 653 g/mol. The maximum atomic E-state index is 14.4. The van der Waals surface area contributed by atoms with E-state index in [4.69, 9.17) is 17.2 Å². The Labute approximate surface area is 276 Å². The van der Waals surface area contributed by atoms with E-state index >= 15 is 0 Å². The second-order valence-electron chi connectivity index (χ2n) is 13.2. The van der Waals surface area contributed by atoms with Crippen LogP contribution in [0.25, 0.3) is 0 Å². The minimum atomic E-state index is -2.82. The third-order valence-corrected chi connectivity index (χ3v) is 9.44. The van der Waals surface area contributed by atoms with Gasteiger partial charge in [-0.05, 0) is 83.0 Å². The van der Waals surface area contributed by atoms with Crippen LogP contribution in [0, 0.1) is 40.4 Å². The van der Waals surface area contributed by atoms with Gasteiger partial charge in [-0.1, -0.05) is 11.8 Å². The fourth-order valence-corrected chi connectivity index (χ4v) is 7.59. The fraction of sp³-hybridized carbons (Fsp3) is 0.382. The molecule has 0 aliphatic heterocycles. The first kappa shape index (κ1) is 34.1. The molecule has 0 aromatic heterocycles. The summed E-state index contributed by atoms with van der Waals surface area (Å²) < 4.78 is 0. The molecule has 3 aliphatic carbocycles. The summed E-state index contributed by atoms with van der Waals surface area (Å²) in [6, 6.07) is 9.65. The van der Waals surface area contributed by atoms with Gasteiger partial charge < -0.3 is 32.5 Å². The van der Waals surface area contributed by atoms with Crippen LogP contribution in [0.1, 0.15) is 33.5 Å². The van der Waals surface area contributed by atoms with E-state index < -0.39 is 75.6 Å². The molecule has 2 saturated carbocycles. The first-order chi connectivity index (χ1) is 22.4. The highest BCUT2D eigenvalue weighted by Crippen LogP contribution is 2.56. The number of carbonyl (C=O) groups is 6. The average Bonchev–Trinajstić information content (AvgIpc) is 2.96. The number of amides is 2. The Morgan fingerprint density at radius 1 is 1.00 bits per heavy atom. The summed E-state index contributed by atoms with van der Waals surface area (Å²) in [6.45, 7) is 0.209. The Kier molecular flexibility index (Phi) is 8.36. The minimum Gasteiger partial charge on any atom is -0.507 e. The molecule has 248 valence electrons. The van der Waals surface area contributed by atoms with Gasteiger partial charge in [-0.3, -0.25) is 33.7 Å². The highest BCUT2D eigenvalue weighted by molar-refractivity contribution is 6.33. The van der Waals surface area contributed by atoms with Crippen LogP contribution in [-0.4, -0.2) is 102 Å². The smallest absolute Gasteiger partial charge is 0.238 e. The Bertz CT molecular complexity index is 1900. The zero-order chi connectivity index (χ0) is 35.5. The Balaban J connectivity index is 1.59. The maximum absolute atomic E-state index is 14.4. The SMILES string of the molecule is CN(C)CC(=O)Nc1ccc(C#Cc2ccc(O)c3c2C[C@@]2(N)C[C@@]4(N)[C@H](N(C)C)C(=O)C(C(N)=O)C(=O)[C@@]4(C#N)C(=O)C2C3=O)cc1. The van der Waals surface area contributed by atoms with Crippen molar-refractivity contribution in [2.45, 2.75) is 30.0 Å². The standard InChI is InChI=1S/C34H35N7O7/c1-40(2)14-22(43)39-19-10-6-17(7-11-19)5-8-18-9-12-21(42)23-20(18)13-32(37)15-34(38)28(41(3)4)27(45)24(31(36)48)29(46)33(34,16-35)30(47)25(32)26(23)44/h6-7,9-12,24-25,28,42H,13-15,37-38H2,1-4H3,(H2,36,48)(H,39,43)/t24?,25?,28-,32-,33+,34-/m1/s1. The molecule has 2 unspecified atom stereocenters. The number of hydrogen-bond donors (Lipinski definition) is 5. The first-order valence-corrected chi connectivity index (χ1v) is 15.0. The van der Waals surface area contributed by atoms with E-state index in [1.165, 1.54) is 31.1 Å². The molecule has 8 N–H and O–H groups in total. The Morgan fingerprint density at radius 3 is 2.21 bits per heavy atom. The zero-order valence-electron chi connectivity index (χ0n) is 26.8. The molecule has 2 aromatic carbocycles. The number of phenols is 1. The number of aromatic hydroxyl groups is 1. The molecule has 14 nitrogen and oxygen atoms in total. The summed E-state index contributed by atoms with van der Waals surface area (Å²) in [4.78, 5) is 83.5. The molecular weight excluding hydrogens is 618 g/mol. The predicted octanol–water partition coefficient (Wildman–Crippen LogP) is -1.29. The normalized spacial score (nSPS) is 29.3. The number of ketones is 4. The predicted molar refractivity (Wildman–Crippen MR) is 171 cm³/mol. The second-order valence-corrected chi connectivity index (χ2v) is 13.2. The largest absolute Gasteiger partial charge is 0.507 e. The number of anilines is 1. The Hall–Kier alpha value is -5.25. The van der Waals surface area contributed by atoms with Gasteiger partial charge in [-0.25, -0.2) is 0 Å². The molecule has 0 heterocycles. The first-order valence-electron chi connectivity index (χ1n) is 15.0. The maximum Gasteiger partial charge on any atom is 0.238 e. The summed E-state index contributed by atoms with van der Waals surface area (Å²) in [5, 5.41) is 24.1. The third-order valence-electron chi connectivity index (χ3n) is 9.44. The lowest BCUT2D eigenvalue weighted by molar-refractivity contribution is -0.166. The van der Waals surface area contributed by atoms with Crippen LogP contribution in [0.3, 0.4) is 0 Å². The summed E-state index contributed by atoms with van der Waals surface area (Å²) in [5.41, 5.74) is 13.7. The van der Waals surface area contributed by atoms with Crippen molar-refractivity contribution in [3.05, 3.63) is 58.7 Å². The molecule has 14 heteroatoms. The van der Waals surface area contributed by atoms with Crippen LogP contribution >= 0.6 is 0 Å². The van der Waals surface area contributed by atoms with Crippen molar-refractivity contribution in [1.82, 2.24) is 9.80 Å². The van der Waals surface area contributed by atoms with Gasteiger partial charge in [0, 0.05) is 22.4 Å². The number of nitriles is 1. The van der Waals surface area contributed by atoms with Gasteiger partial charge >= 0.3 is 0 Å². The van der Waals surface area contributed by atoms with E-state index in [1.807, 2.05) is 0 Å². The number of Topliss-reactive ketones (excluding diaryl/α,β-unsaturated/α-hetero) is 4. The van der Waals surface area contributed by atoms with Gasteiger partial charge in [0.05, 0.1) is 29.8 Å². The lowest BCUT2D eigenvalue weighted by atomic mass is 9.42. The van der Waals surface area contributed by atoms with Crippen molar-refractivity contribution >= 4 is 40.6 Å². The van der Waals surface area contributed by atoms with E-state index in [0.29, 0.717) is 16.8 Å². The average molecular weight is 654 g/mol. The molecule has 0 saturated heterocycles. The van der Waals surface area contributed by atoms with Crippen molar-refractivity contribution in [2.24, 2.45) is 34.5 Å². The number of rotatable bonds is 5. The quantitative estimate of drug-likeness (QED) is 0.187. The molecule has 3 aliphatic rings.